The topological polar surface area (TPSA) is 26.0 Å². The minimum Gasteiger partial charge on any atom is -0.327 e. The molecule has 0 aliphatic carbocycles. The second-order valence-corrected chi connectivity index (χ2v) is 5.69. The van der Waals surface area contributed by atoms with Crippen molar-refractivity contribution in [3.63, 3.8) is 0 Å². The van der Waals surface area contributed by atoms with E-state index in [0.29, 0.717) is 6.04 Å². The van der Waals surface area contributed by atoms with E-state index >= 15 is 0 Å². The monoisotopic (exact) mass is 201 g/mol. The molecule has 1 nitrogen and oxygen atoms in total. The molecule has 0 spiro atoms. The number of nitrogens with two attached hydrogens (primary N) is 1. The minimum absolute atomic E-state index is 0.453. The molecule has 2 N–H and O–H groups in total. The van der Waals surface area contributed by atoms with Gasteiger partial charge in [-0.05, 0) is 30.9 Å². The average molecular weight is 201 g/mol. The van der Waals surface area contributed by atoms with Gasteiger partial charge in [-0.25, -0.2) is 0 Å². The van der Waals surface area contributed by atoms with Crippen LogP contribution in [0.15, 0.2) is 0 Å². The molecule has 1 aliphatic rings. The lowest BCUT2D eigenvalue weighted by Gasteiger charge is -2.21. The van der Waals surface area contributed by atoms with E-state index in [9.17, 15) is 0 Å². The summed E-state index contributed by atoms with van der Waals surface area (Å²) < 4.78 is 0. The Morgan fingerprint density at radius 2 is 2.31 bits per heavy atom. The zero-order chi connectivity index (χ0) is 9.68. The van der Waals surface area contributed by atoms with Gasteiger partial charge >= 0.3 is 0 Å². The van der Waals surface area contributed by atoms with Gasteiger partial charge in [0.15, 0.2) is 0 Å². The molecule has 0 aromatic carbocycles. The van der Waals surface area contributed by atoms with Crippen molar-refractivity contribution in [1.29, 1.82) is 0 Å². The quantitative estimate of drug-likeness (QED) is 0.740. The van der Waals surface area contributed by atoms with Gasteiger partial charge in [0.1, 0.15) is 0 Å². The zero-order valence-electron chi connectivity index (χ0n) is 8.96. The van der Waals surface area contributed by atoms with E-state index in [-0.39, 0.29) is 0 Å². The third-order valence-electron chi connectivity index (χ3n) is 2.90. The molecule has 3 atom stereocenters. The summed E-state index contributed by atoms with van der Waals surface area (Å²) in [6.45, 7) is 4.59. The average Bonchev–Trinajstić information content (AvgIpc) is 2.55. The highest BCUT2D eigenvalue weighted by molar-refractivity contribution is 8.00. The van der Waals surface area contributed by atoms with E-state index in [1.54, 1.807) is 0 Å². The molecule has 0 radical (unpaired) electrons. The van der Waals surface area contributed by atoms with Crippen molar-refractivity contribution in [2.24, 2.45) is 11.7 Å². The van der Waals surface area contributed by atoms with Gasteiger partial charge in [0.2, 0.25) is 0 Å². The largest absolute Gasteiger partial charge is 0.327 e. The van der Waals surface area contributed by atoms with Crippen molar-refractivity contribution in [3.05, 3.63) is 0 Å². The summed E-state index contributed by atoms with van der Waals surface area (Å²) in [6.07, 6.45) is 6.60. The summed E-state index contributed by atoms with van der Waals surface area (Å²) in [5.74, 6) is 2.15. The maximum absolute atomic E-state index is 6.19. The van der Waals surface area contributed by atoms with E-state index in [0.717, 1.165) is 11.2 Å². The summed E-state index contributed by atoms with van der Waals surface area (Å²) in [6, 6.07) is 0.453. The minimum atomic E-state index is 0.453. The zero-order valence-corrected chi connectivity index (χ0v) is 9.78. The molecule has 2 heteroatoms. The molecule has 78 valence electrons. The van der Waals surface area contributed by atoms with Gasteiger partial charge in [-0.15, -0.1) is 0 Å². The highest BCUT2D eigenvalue weighted by atomic mass is 32.2. The van der Waals surface area contributed by atoms with Crippen molar-refractivity contribution in [3.8, 4) is 0 Å². The lowest BCUT2D eigenvalue weighted by Crippen LogP contribution is -2.32. The number of hydrogen-bond acceptors (Lipinski definition) is 2. The van der Waals surface area contributed by atoms with Crippen LogP contribution in [0.2, 0.25) is 0 Å². The predicted molar refractivity (Wildman–Crippen MR) is 62.1 cm³/mol. The third-order valence-corrected chi connectivity index (χ3v) is 4.44. The van der Waals surface area contributed by atoms with Crippen LogP contribution in [0.25, 0.3) is 0 Å². The van der Waals surface area contributed by atoms with E-state index in [1.807, 2.05) is 0 Å². The van der Waals surface area contributed by atoms with Crippen LogP contribution in [-0.2, 0) is 0 Å². The Morgan fingerprint density at radius 1 is 1.54 bits per heavy atom. The Kier molecular flexibility index (Phi) is 5.18. The molecule has 0 bridgehead atoms. The molecule has 1 rings (SSSR count). The van der Waals surface area contributed by atoms with Crippen molar-refractivity contribution >= 4 is 11.8 Å². The highest BCUT2D eigenvalue weighted by Crippen LogP contribution is 2.30. The highest BCUT2D eigenvalue weighted by Gasteiger charge is 2.23. The van der Waals surface area contributed by atoms with Crippen LogP contribution in [0, 0.1) is 5.92 Å². The van der Waals surface area contributed by atoms with Crippen LogP contribution in [0.5, 0.6) is 0 Å². The molecular formula is C11H23NS. The summed E-state index contributed by atoms with van der Waals surface area (Å²) in [7, 11) is 0. The van der Waals surface area contributed by atoms with Gasteiger partial charge < -0.3 is 5.73 Å². The third kappa shape index (κ3) is 3.90. The van der Waals surface area contributed by atoms with Crippen molar-refractivity contribution < 1.29 is 0 Å². The smallest absolute Gasteiger partial charge is 0.0199 e. The maximum Gasteiger partial charge on any atom is 0.0199 e. The van der Waals surface area contributed by atoms with Crippen LogP contribution in [0.1, 0.15) is 46.0 Å². The van der Waals surface area contributed by atoms with Crippen molar-refractivity contribution in [2.75, 3.05) is 5.75 Å². The van der Waals surface area contributed by atoms with Gasteiger partial charge in [0.25, 0.3) is 0 Å². The molecule has 13 heavy (non-hydrogen) atoms. The van der Waals surface area contributed by atoms with Crippen LogP contribution < -0.4 is 5.73 Å². The fraction of sp³-hybridized carbons (Fsp3) is 1.00. The van der Waals surface area contributed by atoms with Crippen molar-refractivity contribution in [2.45, 2.75) is 57.2 Å². The van der Waals surface area contributed by atoms with Crippen molar-refractivity contribution in [1.82, 2.24) is 0 Å². The summed E-state index contributed by atoms with van der Waals surface area (Å²) in [4.78, 5) is 0. The first-order chi connectivity index (χ1) is 6.24. The first-order valence-corrected chi connectivity index (χ1v) is 6.66. The second kappa shape index (κ2) is 5.92. The Bertz CT molecular complexity index is 132. The lowest BCUT2D eigenvalue weighted by atomic mass is 9.95. The Morgan fingerprint density at radius 3 is 2.85 bits per heavy atom. The van der Waals surface area contributed by atoms with Crippen LogP contribution in [0.4, 0.5) is 0 Å². The molecule has 1 saturated heterocycles. The van der Waals surface area contributed by atoms with Gasteiger partial charge in [-0.1, -0.05) is 26.7 Å². The fourth-order valence-electron chi connectivity index (χ4n) is 2.17. The first-order valence-electron chi connectivity index (χ1n) is 5.61. The first kappa shape index (κ1) is 11.4. The van der Waals surface area contributed by atoms with Gasteiger partial charge in [0.05, 0.1) is 0 Å². The van der Waals surface area contributed by atoms with E-state index < -0.39 is 0 Å². The number of hydrogen-bond donors (Lipinski definition) is 1. The molecule has 0 aromatic rings. The molecule has 0 saturated carbocycles. The van der Waals surface area contributed by atoms with E-state index in [2.05, 4.69) is 25.6 Å². The molecule has 0 amide bonds. The fourth-order valence-corrected chi connectivity index (χ4v) is 3.50. The molecule has 1 aliphatic heterocycles. The second-order valence-electron chi connectivity index (χ2n) is 4.34. The predicted octanol–water partition coefficient (Wildman–Crippen LogP) is 3.04. The molecular weight excluding hydrogens is 178 g/mol. The SMILES string of the molecule is CCCC(C)CC(N)C1CCCS1. The normalized spacial score (nSPS) is 27.5. The molecule has 3 unspecified atom stereocenters. The summed E-state index contributed by atoms with van der Waals surface area (Å²) in [5, 5.41) is 0.763. The number of rotatable bonds is 5. The molecule has 1 heterocycles. The molecule has 0 aromatic heterocycles. The van der Waals surface area contributed by atoms with E-state index in [1.165, 1.54) is 37.9 Å². The standard InChI is InChI=1S/C11H23NS/c1-3-5-9(2)8-10(12)11-6-4-7-13-11/h9-11H,3-8,12H2,1-2H3. The van der Waals surface area contributed by atoms with Gasteiger partial charge in [0, 0.05) is 11.3 Å². The lowest BCUT2D eigenvalue weighted by molar-refractivity contribution is 0.422. The van der Waals surface area contributed by atoms with Gasteiger partial charge in [-0.2, -0.15) is 11.8 Å². The number of thioether (sulfide) groups is 1. The van der Waals surface area contributed by atoms with Crippen LogP contribution in [-0.4, -0.2) is 17.0 Å². The van der Waals surface area contributed by atoms with Crippen LogP contribution in [0.3, 0.4) is 0 Å². The molecule has 1 fully saturated rings. The van der Waals surface area contributed by atoms with Gasteiger partial charge in [-0.3, -0.25) is 0 Å². The van der Waals surface area contributed by atoms with Crippen LogP contribution >= 0.6 is 11.8 Å². The Balaban J connectivity index is 2.18. The summed E-state index contributed by atoms with van der Waals surface area (Å²) in [5.41, 5.74) is 6.19. The Hall–Kier alpha value is 0.310. The maximum atomic E-state index is 6.19. The van der Waals surface area contributed by atoms with E-state index in [4.69, 9.17) is 5.73 Å². The summed E-state index contributed by atoms with van der Waals surface area (Å²) >= 11 is 2.09. The Labute approximate surface area is 86.8 Å².